The van der Waals surface area contributed by atoms with Gasteiger partial charge >= 0.3 is 0 Å². The molecule has 1 aromatic carbocycles. The van der Waals surface area contributed by atoms with Crippen molar-refractivity contribution in [2.24, 2.45) is 0 Å². The fraction of sp³-hybridized carbons (Fsp3) is 0.353. The summed E-state index contributed by atoms with van der Waals surface area (Å²) in [5.74, 6) is 0. The predicted molar refractivity (Wildman–Crippen MR) is 87.5 cm³/mol. The Bertz CT molecular complexity index is 601. The predicted octanol–water partition coefficient (Wildman–Crippen LogP) is 4.13. The van der Waals surface area contributed by atoms with E-state index < -0.39 is 0 Å². The molecule has 0 aliphatic heterocycles. The van der Waals surface area contributed by atoms with Crippen LogP contribution in [0.1, 0.15) is 36.6 Å². The second-order valence-corrected chi connectivity index (χ2v) is 5.56. The first kappa shape index (κ1) is 15.0. The van der Waals surface area contributed by atoms with Gasteiger partial charge in [0, 0.05) is 17.1 Å². The summed E-state index contributed by atoms with van der Waals surface area (Å²) in [6, 6.07) is 14.0. The Morgan fingerprint density at radius 1 is 1.05 bits per heavy atom. The summed E-state index contributed by atoms with van der Waals surface area (Å²) in [5.41, 5.74) is 3.63. The molecule has 2 nitrogen and oxygen atoms in total. The number of alkyl halides is 1. The van der Waals surface area contributed by atoms with Crippen molar-refractivity contribution >= 4 is 15.9 Å². The van der Waals surface area contributed by atoms with E-state index >= 15 is 0 Å². The van der Waals surface area contributed by atoms with Gasteiger partial charge in [0.15, 0.2) is 0 Å². The lowest BCUT2D eigenvalue weighted by Gasteiger charge is -2.12. The minimum absolute atomic E-state index is 0.0863. The topological polar surface area (TPSA) is 22.0 Å². The van der Waals surface area contributed by atoms with E-state index in [1.807, 2.05) is 10.6 Å². The molecule has 2 rings (SSSR count). The van der Waals surface area contributed by atoms with Gasteiger partial charge in [-0.05, 0) is 30.0 Å². The van der Waals surface area contributed by atoms with E-state index in [1.165, 1.54) is 11.1 Å². The Morgan fingerprint density at radius 2 is 1.75 bits per heavy atom. The molecule has 0 fully saturated rings. The van der Waals surface area contributed by atoms with E-state index in [0.29, 0.717) is 6.54 Å². The van der Waals surface area contributed by atoms with Crippen LogP contribution in [-0.2, 0) is 18.3 Å². The Hall–Kier alpha value is -1.35. The monoisotopic (exact) mass is 333 g/mol. The number of nitrogens with zero attached hydrogens (tertiary/aromatic N) is 1. The van der Waals surface area contributed by atoms with Gasteiger partial charge in [-0.3, -0.25) is 4.79 Å². The number of hydrogen-bond acceptors (Lipinski definition) is 1. The van der Waals surface area contributed by atoms with Gasteiger partial charge < -0.3 is 4.57 Å². The van der Waals surface area contributed by atoms with Crippen molar-refractivity contribution in [3.8, 4) is 0 Å². The van der Waals surface area contributed by atoms with Crippen LogP contribution >= 0.6 is 15.9 Å². The fourth-order valence-electron chi connectivity index (χ4n) is 2.23. The van der Waals surface area contributed by atoms with Crippen molar-refractivity contribution in [3.63, 3.8) is 0 Å². The number of unbranched alkanes of at least 4 members (excludes halogenated alkanes) is 1. The first-order chi connectivity index (χ1) is 9.74. The lowest BCUT2D eigenvalue weighted by atomic mass is 10.1. The third kappa shape index (κ3) is 3.83. The fourth-order valence-corrected chi connectivity index (χ4v) is 2.61. The van der Waals surface area contributed by atoms with E-state index in [-0.39, 0.29) is 5.56 Å². The van der Waals surface area contributed by atoms with Crippen LogP contribution in [0, 0.1) is 0 Å². The molecule has 0 N–H and O–H groups in total. The summed E-state index contributed by atoms with van der Waals surface area (Å²) in [7, 11) is 0. The summed E-state index contributed by atoms with van der Waals surface area (Å²) in [6.07, 6.45) is 3.22. The van der Waals surface area contributed by atoms with Crippen molar-refractivity contribution in [2.45, 2.75) is 38.1 Å². The second kappa shape index (κ2) is 7.44. The molecular weight excluding hydrogens is 314 g/mol. The molecule has 0 bridgehead atoms. The summed E-state index contributed by atoms with van der Waals surface area (Å²) >= 11 is 3.45. The molecular formula is C17H20BrNO. The highest BCUT2D eigenvalue weighted by atomic mass is 79.9. The molecule has 0 unspecified atom stereocenters. The molecule has 0 saturated heterocycles. The summed E-state index contributed by atoms with van der Waals surface area (Å²) in [4.78, 5) is 12.1. The summed E-state index contributed by atoms with van der Waals surface area (Å²) in [6.45, 7) is 2.83. The van der Waals surface area contributed by atoms with E-state index in [1.54, 1.807) is 6.07 Å². The van der Waals surface area contributed by atoms with Gasteiger partial charge in [0.1, 0.15) is 0 Å². The highest BCUT2D eigenvalue weighted by Crippen LogP contribution is 2.11. The molecule has 1 aromatic heterocycles. The summed E-state index contributed by atoms with van der Waals surface area (Å²) in [5, 5.41) is 0.861. The average Bonchev–Trinajstić information content (AvgIpc) is 2.48. The Balaban J connectivity index is 2.24. The molecule has 106 valence electrons. The molecule has 0 aliphatic carbocycles. The van der Waals surface area contributed by atoms with Crippen molar-refractivity contribution in [3.05, 3.63) is 69.6 Å². The van der Waals surface area contributed by atoms with Gasteiger partial charge in [-0.2, -0.15) is 0 Å². The van der Waals surface area contributed by atoms with Crippen LogP contribution in [0.2, 0.25) is 0 Å². The molecule has 3 heteroatoms. The quantitative estimate of drug-likeness (QED) is 0.728. The smallest absolute Gasteiger partial charge is 0.251 e. The molecule has 0 atom stereocenters. The minimum Gasteiger partial charge on any atom is -0.308 e. The van der Waals surface area contributed by atoms with E-state index in [9.17, 15) is 4.79 Å². The Morgan fingerprint density at radius 3 is 2.40 bits per heavy atom. The SMILES string of the molecule is CCCCc1cccc(=O)n1Cc1ccc(CBr)cc1. The Labute approximate surface area is 128 Å². The van der Waals surface area contributed by atoms with Crippen molar-refractivity contribution in [2.75, 3.05) is 0 Å². The first-order valence-corrected chi connectivity index (χ1v) is 8.19. The number of halogens is 1. The molecule has 0 amide bonds. The largest absolute Gasteiger partial charge is 0.308 e. The normalized spacial score (nSPS) is 10.7. The average molecular weight is 334 g/mol. The van der Waals surface area contributed by atoms with Crippen LogP contribution in [0.25, 0.3) is 0 Å². The molecule has 2 aromatic rings. The van der Waals surface area contributed by atoms with Gasteiger partial charge in [-0.15, -0.1) is 0 Å². The van der Waals surface area contributed by atoms with E-state index in [4.69, 9.17) is 0 Å². The number of hydrogen-bond donors (Lipinski definition) is 0. The van der Waals surface area contributed by atoms with Crippen LogP contribution in [0.5, 0.6) is 0 Å². The van der Waals surface area contributed by atoms with Crippen LogP contribution in [0.15, 0.2) is 47.3 Å². The maximum atomic E-state index is 12.1. The third-order valence-corrected chi connectivity index (χ3v) is 4.09. The number of benzene rings is 1. The van der Waals surface area contributed by atoms with Gasteiger partial charge in [-0.25, -0.2) is 0 Å². The Kier molecular flexibility index (Phi) is 5.60. The van der Waals surface area contributed by atoms with Gasteiger partial charge in [0.05, 0.1) is 6.54 Å². The van der Waals surface area contributed by atoms with Crippen molar-refractivity contribution in [1.82, 2.24) is 4.57 Å². The maximum absolute atomic E-state index is 12.1. The molecule has 0 aliphatic rings. The van der Waals surface area contributed by atoms with Gasteiger partial charge in [0.2, 0.25) is 0 Å². The van der Waals surface area contributed by atoms with Crippen molar-refractivity contribution in [1.29, 1.82) is 0 Å². The first-order valence-electron chi connectivity index (χ1n) is 7.07. The van der Waals surface area contributed by atoms with E-state index in [0.717, 1.165) is 30.3 Å². The molecule has 1 heterocycles. The summed E-state index contributed by atoms with van der Waals surface area (Å²) < 4.78 is 1.89. The number of aryl methyl sites for hydroxylation is 1. The van der Waals surface area contributed by atoms with Crippen molar-refractivity contribution < 1.29 is 0 Å². The zero-order valence-electron chi connectivity index (χ0n) is 11.8. The number of aromatic nitrogens is 1. The minimum atomic E-state index is 0.0863. The highest BCUT2D eigenvalue weighted by Gasteiger charge is 2.04. The molecule has 0 radical (unpaired) electrons. The van der Waals surface area contributed by atoms with Crippen LogP contribution in [0.3, 0.4) is 0 Å². The van der Waals surface area contributed by atoms with Gasteiger partial charge in [-0.1, -0.05) is 59.6 Å². The zero-order chi connectivity index (χ0) is 14.4. The van der Waals surface area contributed by atoms with E-state index in [2.05, 4.69) is 53.2 Å². The number of rotatable bonds is 6. The zero-order valence-corrected chi connectivity index (χ0v) is 13.4. The molecule has 0 saturated carbocycles. The second-order valence-electron chi connectivity index (χ2n) is 5.00. The molecule has 0 spiro atoms. The lowest BCUT2D eigenvalue weighted by Crippen LogP contribution is -2.23. The number of pyridine rings is 1. The lowest BCUT2D eigenvalue weighted by molar-refractivity contribution is 0.667. The van der Waals surface area contributed by atoms with Gasteiger partial charge in [0.25, 0.3) is 5.56 Å². The van der Waals surface area contributed by atoms with Crippen LogP contribution in [0.4, 0.5) is 0 Å². The third-order valence-electron chi connectivity index (χ3n) is 3.44. The van der Waals surface area contributed by atoms with Crippen LogP contribution < -0.4 is 5.56 Å². The highest BCUT2D eigenvalue weighted by molar-refractivity contribution is 9.08. The standard InChI is InChI=1S/C17H20BrNO/c1-2-3-5-16-6-4-7-17(20)19(16)13-15-10-8-14(12-18)9-11-15/h4,6-11H,2-3,5,12-13H2,1H3. The van der Waals surface area contributed by atoms with Crippen LogP contribution in [-0.4, -0.2) is 4.57 Å². The molecule has 20 heavy (non-hydrogen) atoms. The maximum Gasteiger partial charge on any atom is 0.251 e.